The minimum atomic E-state index is -0.864. The number of rotatable bonds is 2. The van der Waals surface area contributed by atoms with Crippen LogP contribution in [0.5, 0.6) is 5.75 Å². The van der Waals surface area contributed by atoms with Gasteiger partial charge in [0.1, 0.15) is 11.4 Å². The van der Waals surface area contributed by atoms with Crippen LogP contribution in [0.3, 0.4) is 0 Å². The zero-order chi connectivity index (χ0) is 18.8. The van der Waals surface area contributed by atoms with Crippen LogP contribution < -0.4 is 5.56 Å². The molecule has 1 aromatic rings. The van der Waals surface area contributed by atoms with Crippen LogP contribution in [0.1, 0.15) is 49.3 Å². The monoisotopic (exact) mass is 352 g/mol. The van der Waals surface area contributed by atoms with Gasteiger partial charge in [-0.05, 0) is 34.1 Å². The van der Waals surface area contributed by atoms with Gasteiger partial charge in [0.05, 0.1) is 6.61 Å². The molecular weight excluding hydrogens is 328 g/mol. The lowest BCUT2D eigenvalue weighted by Crippen LogP contribution is -2.38. The standard InChI is InChI=1S/C17H24N2O6/c1-5-24-15(22)12-13(20)10-6-8-19(16(23)25-17(2,3)4)9-7-11(10)18-14(12)21/h5-9H2,1-4H3,(H2,18,20,21). The number of aromatic amines is 1. The first-order chi connectivity index (χ1) is 11.6. The van der Waals surface area contributed by atoms with E-state index in [-0.39, 0.29) is 12.4 Å². The van der Waals surface area contributed by atoms with Gasteiger partial charge in [0.25, 0.3) is 5.56 Å². The van der Waals surface area contributed by atoms with Crippen molar-refractivity contribution in [2.45, 2.75) is 46.1 Å². The second kappa shape index (κ2) is 7.16. The van der Waals surface area contributed by atoms with Gasteiger partial charge in [-0.25, -0.2) is 9.59 Å². The number of ether oxygens (including phenoxy) is 2. The number of aromatic hydroxyl groups is 1. The van der Waals surface area contributed by atoms with Crippen LogP contribution in [0.15, 0.2) is 4.79 Å². The number of H-pyrrole nitrogens is 1. The molecule has 0 aliphatic carbocycles. The third kappa shape index (κ3) is 4.32. The number of nitrogens with zero attached hydrogens (tertiary/aromatic N) is 1. The first-order valence-corrected chi connectivity index (χ1v) is 8.26. The second-order valence-corrected chi connectivity index (χ2v) is 6.82. The minimum absolute atomic E-state index is 0.0984. The molecule has 1 aliphatic heterocycles. The molecule has 0 saturated carbocycles. The lowest BCUT2D eigenvalue weighted by molar-refractivity contribution is 0.0257. The van der Waals surface area contributed by atoms with Crippen molar-refractivity contribution in [2.24, 2.45) is 0 Å². The molecule has 0 saturated heterocycles. The molecule has 8 heteroatoms. The molecule has 8 nitrogen and oxygen atoms in total. The van der Waals surface area contributed by atoms with Crippen LogP contribution in [0.4, 0.5) is 4.79 Å². The third-order valence-electron chi connectivity index (χ3n) is 3.77. The number of carbonyl (C=O) groups is 2. The van der Waals surface area contributed by atoms with Crippen molar-refractivity contribution in [1.82, 2.24) is 9.88 Å². The van der Waals surface area contributed by atoms with Crippen molar-refractivity contribution in [3.8, 4) is 5.75 Å². The van der Waals surface area contributed by atoms with Crippen molar-refractivity contribution in [2.75, 3.05) is 19.7 Å². The average Bonchev–Trinajstić information content (AvgIpc) is 2.68. The van der Waals surface area contributed by atoms with Crippen LogP contribution in [0.2, 0.25) is 0 Å². The Bertz CT molecular complexity index is 732. The summed E-state index contributed by atoms with van der Waals surface area (Å²) in [6, 6.07) is 0. The summed E-state index contributed by atoms with van der Waals surface area (Å²) in [4.78, 5) is 40.4. The summed E-state index contributed by atoms with van der Waals surface area (Å²) in [7, 11) is 0. The van der Waals surface area contributed by atoms with E-state index in [1.165, 1.54) is 4.90 Å². The summed E-state index contributed by atoms with van der Waals surface area (Å²) >= 11 is 0. The number of carbonyl (C=O) groups excluding carboxylic acids is 2. The molecule has 1 amide bonds. The molecule has 25 heavy (non-hydrogen) atoms. The fraction of sp³-hybridized carbons (Fsp3) is 0.588. The lowest BCUT2D eigenvalue weighted by atomic mass is 10.0. The number of hydrogen-bond donors (Lipinski definition) is 2. The van der Waals surface area contributed by atoms with Gasteiger partial charge in [0.15, 0.2) is 5.56 Å². The SMILES string of the molecule is CCOC(=O)c1c(O)c2c([nH]c1=O)CCN(C(=O)OC(C)(C)C)CC2. The number of fused-ring (bicyclic) bond motifs is 1. The van der Waals surface area contributed by atoms with E-state index in [2.05, 4.69) is 4.98 Å². The van der Waals surface area contributed by atoms with Crippen LogP contribution >= 0.6 is 0 Å². The summed E-state index contributed by atoms with van der Waals surface area (Å²) in [5.74, 6) is -1.24. The zero-order valence-corrected chi connectivity index (χ0v) is 15.0. The predicted octanol–water partition coefficient (Wildman–Crippen LogP) is 1.59. The maximum Gasteiger partial charge on any atom is 0.410 e. The van der Waals surface area contributed by atoms with Crippen molar-refractivity contribution in [3.05, 3.63) is 27.2 Å². The molecule has 0 spiro atoms. The van der Waals surface area contributed by atoms with E-state index in [1.807, 2.05) is 0 Å². The zero-order valence-electron chi connectivity index (χ0n) is 15.0. The molecule has 0 atom stereocenters. The van der Waals surface area contributed by atoms with Gasteiger partial charge in [0, 0.05) is 30.8 Å². The fourth-order valence-electron chi connectivity index (χ4n) is 2.67. The van der Waals surface area contributed by atoms with Crippen LogP contribution in [-0.4, -0.2) is 52.4 Å². The van der Waals surface area contributed by atoms with Crippen LogP contribution in [0, 0.1) is 0 Å². The first kappa shape index (κ1) is 18.8. The van der Waals surface area contributed by atoms with Gasteiger partial charge in [-0.3, -0.25) is 4.79 Å². The largest absolute Gasteiger partial charge is 0.506 e. The van der Waals surface area contributed by atoms with E-state index in [0.29, 0.717) is 37.2 Å². The Balaban J connectivity index is 2.27. The van der Waals surface area contributed by atoms with Gasteiger partial charge in [0.2, 0.25) is 0 Å². The molecule has 2 rings (SSSR count). The smallest absolute Gasteiger partial charge is 0.410 e. The summed E-state index contributed by atoms with van der Waals surface area (Å²) < 4.78 is 10.2. The topological polar surface area (TPSA) is 109 Å². The summed E-state index contributed by atoms with van der Waals surface area (Å²) in [6.45, 7) is 7.72. The summed E-state index contributed by atoms with van der Waals surface area (Å²) in [5, 5.41) is 10.4. The molecule has 1 aliphatic rings. The molecule has 2 heterocycles. The average molecular weight is 352 g/mol. The maximum absolute atomic E-state index is 12.2. The van der Waals surface area contributed by atoms with E-state index < -0.39 is 28.8 Å². The number of amides is 1. The highest BCUT2D eigenvalue weighted by molar-refractivity contribution is 5.92. The van der Waals surface area contributed by atoms with E-state index in [1.54, 1.807) is 27.7 Å². The Morgan fingerprint density at radius 3 is 2.48 bits per heavy atom. The van der Waals surface area contributed by atoms with E-state index in [4.69, 9.17) is 9.47 Å². The maximum atomic E-state index is 12.2. The van der Waals surface area contributed by atoms with Gasteiger partial charge in [-0.15, -0.1) is 0 Å². The predicted molar refractivity (Wildman–Crippen MR) is 89.9 cm³/mol. The lowest BCUT2D eigenvalue weighted by Gasteiger charge is -2.26. The molecule has 0 bridgehead atoms. The molecule has 0 radical (unpaired) electrons. The van der Waals surface area contributed by atoms with Gasteiger partial charge < -0.3 is 24.5 Å². The van der Waals surface area contributed by atoms with Gasteiger partial charge >= 0.3 is 12.1 Å². The number of aromatic nitrogens is 1. The Hall–Kier alpha value is -2.51. The Morgan fingerprint density at radius 2 is 1.88 bits per heavy atom. The molecule has 0 fully saturated rings. The number of pyridine rings is 1. The summed E-state index contributed by atoms with van der Waals surface area (Å²) in [6.07, 6.45) is 0.192. The van der Waals surface area contributed by atoms with Crippen molar-refractivity contribution in [1.29, 1.82) is 0 Å². The highest BCUT2D eigenvalue weighted by atomic mass is 16.6. The van der Waals surface area contributed by atoms with E-state index >= 15 is 0 Å². The highest BCUT2D eigenvalue weighted by Crippen LogP contribution is 2.26. The van der Waals surface area contributed by atoms with Crippen LogP contribution in [-0.2, 0) is 22.3 Å². The minimum Gasteiger partial charge on any atom is -0.506 e. The Labute approximate surface area is 145 Å². The fourth-order valence-corrected chi connectivity index (χ4v) is 2.67. The number of nitrogens with one attached hydrogen (secondary N) is 1. The van der Waals surface area contributed by atoms with Crippen molar-refractivity contribution >= 4 is 12.1 Å². The number of esters is 1. The van der Waals surface area contributed by atoms with Crippen molar-refractivity contribution in [3.63, 3.8) is 0 Å². The normalized spacial score (nSPS) is 14.5. The van der Waals surface area contributed by atoms with Crippen molar-refractivity contribution < 1.29 is 24.2 Å². The number of hydrogen-bond acceptors (Lipinski definition) is 6. The molecule has 138 valence electrons. The quantitative estimate of drug-likeness (QED) is 0.783. The van der Waals surface area contributed by atoms with E-state index in [9.17, 15) is 19.5 Å². The third-order valence-corrected chi connectivity index (χ3v) is 3.77. The van der Waals surface area contributed by atoms with Gasteiger partial charge in [-0.2, -0.15) is 0 Å². The Kier molecular flexibility index (Phi) is 5.39. The molecule has 0 aromatic carbocycles. The molecular formula is C17H24N2O6. The van der Waals surface area contributed by atoms with E-state index in [0.717, 1.165) is 0 Å². The summed E-state index contributed by atoms with van der Waals surface area (Å²) in [5.41, 5.74) is -0.730. The first-order valence-electron chi connectivity index (χ1n) is 8.26. The highest BCUT2D eigenvalue weighted by Gasteiger charge is 2.28. The Morgan fingerprint density at radius 1 is 1.24 bits per heavy atom. The second-order valence-electron chi connectivity index (χ2n) is 6.82. The molecule has 0 unspecified atom stereocenters. The molecule has 2 N–H and O–H groups in total. The molecule has 1 aromatic heterocycles. The van der Waals surface area contributed by atoms with Gasteiger partial charge in [-0.1, -0.05) is 0 Å². The van der Waals surface area contributed by atoms with Crippen LogP contribution in [0.25, 0.3) is 0 Å².